The molecule has 4 N–H and O–H groups in total. The number of hydrogen-bond acceptors (Lipinski definition) is 7. The molecule has 11 heteroatoms. The summed E-state index contributed by atoms with van der Waals surface area (Å²) < 4.78 is 17.2. The van der Waals surface area contributed by atoms with E-state index in [9.17, 15) is 19.2 Å². The Labute approximate surface area is 323 Å². The predicted molar refractivity (Wildman–Crippen MR) is 210 cm³/mol. The summed E-state index contributed by atoms with van der Waals surface area (Å²) in [5.41, 5.74) is 3.64. The van der Waals surface area contributed by atoms with Gasteiger partial charge in [0.2, 0.25) is 11.8 Å². The van der Waals surface area contributed by atoms with Crippen molar-refractivity contribution >= 4 is 24.0 Å². The summed E-state index contributed by atoms with van der Waals surface area (Å²) in [6.45, 7) is 7.56. The fraction of sp³-hybridized carbons (Fsp3) is 0.364. The Hall–Kier alpha value is -5.68. The Kier molecular flexibility index (Phi) is 14.8. The van der Waals surface area contributed by atoms with Crippen LogP contribution in [0.3, 0.4) is 0 Å². The van der Waals surface area contributed by atoms with E-state index in [2.05, 4.69) is 21.3 Å². The second-order valence-electron chi connectivity index (χ2n) is 14.5. The fourth-order valence-corrected chi connectivity index (χ4v) is 6.42. The molecule has 0 aromatic heterocycles. The van der Waals surface area contributed by atoms with Crippen LogP contribution < -0.4 is 21.3 Å². The molecule has 0 aliphatic carbocycles. The van der Waals surface area contributed by atoms with E-state index in [0.29, 0.717) is 12.8 Å². The van der Waals surface area contributed by atoms with Crippen LogP contribution >= 0.6 is 0 Å². The summed E-state index contributed by atoms with van der Waals surface area (Å²) in [7, 11) is 0. The van der Waals surface area contributed by atoms with E-state index in [1.54, 1.807) is 0 Å². The van der Waals surface area contributed by atoms with Crippen LogP contribution in [0.5, 0.6) is 0 Å². The Balaban J connectivity index is 1.29. The van der Waals surface area contributed by atoms with Gasteiger partial charge >= 0.3 is 12.2 Å². The lowest BCUT2D eigenvalue weighted by molar-refractivity contribution is -0.125. The molecule has 290 valence electrons. The number of alkyl carbamates (subject to hydrolysis) is 2. The minimum atomic E-state index is -0.877. The first kappa shape index (κ1) is 40.5. The third kappa shape index (κ3) is 12.7. The second-order valence-corrected chi connectivity index (χ2v) is 14.5. The predicted octanol–water partition coefficient (Wildman–Crippen LogP) is 6.11. The maximum Gasteiger partial charge on any atom is 0.408 e. The fourth-order valence-electron chi connectivity index (χ4n) is 6.42. The highest BCUT2D eigenvalue weighted by Crippen LogP contribution is 2.32. The summed E-state index contributed by atoms with van der Waals surface area (Å²) in [5, 5.41) is 11.8. The molecule has 4 aromatic carbocycles. The third-order valence-electron chi connectivity index (χ3n) is 9.48. The van der Waals surface area contributed by atoms with Gasteiger partial charge in [-0.15, -0.1) is 0 Å². The highest BCUT2D eigenvalue weighted by molar-refractivity contribution is 5.87. The lowest BCUT2D eigenvalue weighted by Crippen LogP contribution is -2.55. The van der Waals surface area contributed by atoms with Gasteiger partial charge in [-0.25, -0.2) is 9.59 Å². The van der Waals surface area contributed by atoms with E-state index in [0.717, 1.165) is 22.3 Å². The van der Waals surface area contributed by atoms with Gasteiger partial charge in [-0.05, 0) is 46.9 Å². The van der Waals surface area contributed by atoms with Gasteiger partial charge in [-0.2, -0.15) is 0 Å². The topological polar surface area (TPSA) is 147 Å². The molecule has 1 aliphatic heterocycles. The van der Waals surface area contributed by atoms with E-state index in [4.69, 9.17) is 14.2 Å². The zero-order chi connectivity index (χ0) is 39.2. The van der Waals surface area contributed by atoms with Crippen molar-refractivity contribution in [2.75, 3.05) is 0 Å². The molecule has 6 atom stereocenters. The second kappa shape index (κ2) is 20.1. The quantitative estimate of drug-likeness (QED) is 0.0899. The van der Waals surface area contributed by atoms with Gasteiger partial charge in [0, 0.05) is 0 Å². The molecule has 0 bridgehead atoms. The molecular weight excluding hydrogens is 697 g/mol. The van der Waals surface area contributed by atoms with Gasteiger partial charge in [-0.1, -0.05) is 149 Å². The number of epoxide rings is 1. The summed E-state index contributed by atoms with van der Waals surface area (Å²) in [6.07, 6.45) is -1.41. The Morgan fingerprint density at radius 3 is 1.11 bits per heavy atom. The number of amides is 4. The minimum Gasteiger partial charge on any atom is -0.445 e. The summed E-state index contributed by atoms with van der Waals surface area (Å²) in [5.74, 6) is -1.24. The Morgan fingerprint density at radius 2 is 0.800 bits per heavy atom. The molecule has 1 heterocycles. The zero-order valence-electron chi connectivity index (χ0n) is 31.9. The Bertz CT molecular complexity index is 1680. The van der Waals surface area contributed by atoms with Crippen molar-refractivity contribution in [1.82, 2.24) is 21.3 Å². The van der Waals surface area contributed by atoms with Crippen LogP contribution in [0.2, 0.25) is 0 Å². The molecule has 0 radical (unpaired) electrons. The standard InChI is InChI=1S/C44H52N4O7/c1-29(2)37(47-43(51)53-27-33-21-13-7-14-22-33)41(49)45-35(25-31-17-9-5-10-18-31)39-40(55-39)36(26-32-19-11-6-12-20-32)46-42(50)38(30(3)4)48-44(52)54-28-34-23-15-8-16-24-34/h5-24,29-30,35-40H,25-28H2,1-4H3,(H,45,49)(H,46,50)(H,47,51)(H,48,52)/t35-,36-,37?,38?,39-,40+/m0/s1. The monoisotopic (exact) mass is 748 g/mol. The van der Waals surface area contributed by atoms with Crippen molar-refractivity contribution in [3.63, 3.8) is 0 Å². The van der Waals surface area contributed by atoms with E-state index < -0.39 is 48.6 Å². The molecule has 2 unspecified atom stereocenters. The number of benzene rings is 4. The average Bonchev–Trinajstić information content (AvgIpc) is 3.99. The maximum atomic E-state index is 13.9. The van der Waals surface area contributed by atoms with Crippen LogP contribution in [0, 0.1) is 11.8 Å². The van der Waals surface area contributed by atoms with Gasteiger partial charge in [0.25, 0.3) is 0 Å². The minimum absolute atomic E-state index is 0.0733. The summed E-state index contributed by atoms with van der Waals surface area (Å²) >= 11 is 0. The first-order valence-corrected chi connectivity index (χ1v) is 18.9. The SMILES string of the molecule is CC(C)C(NC(=O)OCc1ccccc1)C(=O)N[C@@H](Cc1ccccc1)[C@@H]1O[C@@H]1[C@H](Cc1ccccc1)NC(=O)C(NC(=O)OCc1ccccc1)C(C)C. The van der Waals surface area contributed by atoms with Crippen LogP contribution in [0.15, 0.2) is 121 Å². The van der Waals surface area contributed by atoms with Crippen molar-refractivity contribution in [2.24, 2.45) is 11.8 Å². The molecule has 4 aromatic rings. The zero-order valence-corrected chi connectivity index (χ0v) is 31.9. The van der Waals surface area contributed by atoms with Crippen molar-refractivity contribution in [1.29, 1.82) is 0 Å². The number of nitrogens with one attached hydrogen (secondary N) is 4. The molecule has 0 saturated carbocycles. The van der Waals surface area contributed by atoms with Gasteiger partial charge in [0.1, 0.15) is 37.5 Å². The highest BCUT2D eigenvalue weighted by Gasteiger charge is 2.51. The van der Waals surface area contributed by atoms with E-state index >= 15 is 0 Å². The van der Waals surface area contributed by atoms with Crippen LogP contribution in [-0.4, -0.2) is 60.4 Å². The maximum absolute atomic E-state index is 13.9. The van der Waals surface area contributed by atoms with Crippen LogP contribution in [0.25, 0.3) is 0 Å². The largest absolute Gasteiger partial charge is 0.445 e. The molecule has 1 aliphatic rings. The van der Waals surface area contributed by atoms with E-state index in [-0.39, 0.29) is 36.9 Å². The molecule has 1 saturated heterocycles. The van der Waals surface area contributed by atoms with Crippen molar-refractivity contribution in [3.05, 3.63) is 144 Å². The van der Waals surface area contributed by atoms with Gasteiger partial charge < -0.3 is 35.5 Å². The molecule has 1 fully saturated rings. The molecular formula is C44H52N4O7. The number of rotatable bonds is 18. The molecule has 5 rings (SSSR count). The van der Waals surface area contributed by atoms with E-state index in [1.165, 1.54) is 0 Å². The average molecular weight is 749 g/mol. The smallest absolute Gasteiger partial charge is 0.408 e. The first-order chi connectivity index (χ1) is 26.6. The number of carbonyl (C=O) groups is 4. The molecule has 4 amide bonds. The van der Waals surface area contributed by atoms with Crippen molar-refractivity contribution < 1.29 is 33.4 Å². The van der Waals surface area contributed by atoms with Crippen LogP contribution in [0.4, 0.5) is 9.59 Å². The number of ether oxygens (including phenoxy) is 3. The number of carbonyl (C=O) groups excluding carboxylic acids is 4. The summed E-state index contributed by atoms with van der Waals surface area (Å²) in [6, 6.07) is 35.4. The third-order valence-corrected chi connectivity index (χ3v) is 9.48. The van der Waals surface area contributed by atoms with E-state index in [1.807, 2.05) is 149 Å². The molecule has 11 nitrogen and oxygen atoms in total. The highest BCUT2D eigenvalue weighted by atomic mass is 16.6. The van der Waals surface area contributed by atoms with Crippen molar-refractivity contribution in [3.8, 4) is 0 Å². The molecule has 0 spiro atoms. The lowest BCUT2D eigenvalue weighted by Gasteiger charge is -2.26. The summed E-state index contributed by atoms with van der Waals surface area (Å²) in [4.78, 5) is 53.5. The van der Waals surface area contributed by atoms with Gasteiger partial charge in [0.15, 0.2) is 0 Å². The van der Waals surface area contributed by atoms with Gasteiger partial charge in [-0.3, -0.25) is 9.59 Å². The molecule has 55 heavy (non-hydrogen) atoms. The van der Waals surface area contributed by atoms with Gasteiger partial charge in [0.05, 0.1) is 12.1 Å². The lowest BCUT2D eigenvalue weighted by atomic mass is 9.94. The normalized spacial score (nSPS) is 16.9. The number of hydrogen-bond donors (Lipinski definition) is 4. The Morgan fingerprint density at radius 1 is 0.491 bits per heavy atom. The first-order valence-electron chi connectivity index (χ1n) is 18.9. The van der Waals surface area contributed by atoms with Crippen LogP contribution in [0.1, 0.15) is 49.9 Å². The van der Waals surface area contributed by atoms with Crippen LogP contribution in [-0.2, 0) is 49.9 Å². The van der Waals surface area contributed by atoms with Crippen molar-refractivity contribution in [2.45, 2.75) is 90.1 Å².